The van der Waals surface area contributed by atoms with Crippen LogP contribution in [0.3, 0.4) is 0 Å². The Labute approximate surface area is 135 Å². The van der Waals surface area contributed by atoms with E-state index in [9.17, 15) is 4.79 Å². The fourth-order valence-electron chi connectivity index (χ4n) is 2.53. The average Bonchev–Trinajstić information content (AvgIpc) is 2.99. The maximum absolute atomic E-state index is 12.1. The van der Waals surface area contributed by atoms with Crippen molar-refractivity contribution in [3.8, 4) is 11.3 Å². The summed E-state index contributed by atoms with van der Waals surface area (Å²) in [6.07, 6.45) is 0.900. The summed E-state index contributed by atoms with van der Waals surface area (Å²) in [7, 11) is 0. The van der Waals surface area contributed by atoms with Crippen LogP contribution >= 0.6 is 0 Å². The number of aromatic nitrogens is 1. The summed E-state index contributed by atoms with van der Waals surface area (Å²) in [6.45, 7) is 4.03. The molecular weight excluding hydrogens is 286 g/mol. The van der Waals surface area contributed by atoms with Gasteiger partial charge in [-0.25, -0.2) is 4.79 Å². The van der Waals surface area contributed by atoms with Gasteiger partial charge in [0.25, 0.3) is 0 Å². The fourth-order valence-corrected chi connectivity index (χ4v) is 2.53. The van der Waals surface area contributed by atoms with Gasteiger partial charge in [-0.05, 0) is 31.5 Å². The topological polar surface area (TPSA) is 56.9 Å². The average molecular weight is 307 g/mol. The summed E-state index contributed by atoms with van der Waals surface area (Å²) in [6, 6.07) is 18.0. The molecule has 3 aromatic rings. The van der Waals surface area contributed by atoms with E-state index >= 15 is 0 Å². The Morgan fingerprint density at radius 3 is 2.65 bits per heavy atom. The number of carbonyl (C=O) groups excluding carboxylic acids is 1. The third kappa shape index (κ3) is 3.37. The normalized spacial score (nSPS) is 12.1. The van der Waals surface area contributed by atoms with Crippen LogP contribution in [-0.2, 0) is 0 Å². The first-order chi connectivity index (χ1) is 11.2. The summed E-state index contributed by atoms with van der Waals surface area (Å²) < 4.78 is 0. The minimum atomic E-state index is -0.178. The maximum Gasteiger partial charge on any atom is 0.319 e. The number of carbonyl (C=O) groups is 1. The van der Waals surface area contributed by atoms with Crippen molar-refractivity contribution in [1.82, 2.24) is 10.3 Å². The quantitative estimate of drug-likeness (QED) is 0.640. The molecule has 2 aromatic carbocycles. The number of para-hydroxylation sites is 2. The number of anilines is 1. The predicted molar refractivity (Wildman–Crippen MR) is 95.6 cm³/mol. The lowest BCUT2D eigenvalue weighted by atomic mass is 10.1. The van der Waals surface area contributed by atoms with Crippen LogP contribution in [0.4, 0.5) is 10.5 Å². The molecule has 0 saturated heterocycles. The number of hydrogen-bond donors (Lipinski definition) is 3. The van der Waals surface area contributed by atoms with Gasteiger partial charge in [0.1, 0.15) is 0 Å². The zero-order valence-electron chi connectivity index (χ0n) is 13.4. The number of aromatic amines is 1. The third-order valence-electron chi connectivity index (χ3n) is 3.99. The first kappa shape index (κ1) is 15.2. The largest absolute Gasteiger partial charge is 0.354 e. The van der Waals surface area contributed by atoms with Gasteiger partial charge >= 0.3 is 6.03 Å². The van der Waals surface area contributed by atoms with Gasteiger partial charge in [0.05, 0.1) is 5.69 Å². The molecule has 1 heterocycles. The molecule has 2 amide bonds. The highest BCUT2D eigenvalue weighted by Gasteiger charge is 2.11. The van der Waals surface area contributed by atoms with Crippen molar-refractivity contribution >= 4 is 22.6 Å². The Balaban J connectivity index is 1.90. The molecule has 0 radical (unpaired) electrons. The molecule has 1 aromatic heterocycles. The molecule has 0 bridgehead atoms. The number of urea groups is 1. The second-order valence-corrected chi connectivity index (χ2v) is 5.72. The van der Waals surface area contributed by atoms with E-state index in [1.807, 2.05) is 56.3 Å². The maximum atomic E-state index is 12.1. The van der Waals surface area contributed by atoms with Crippen LogP contribution in [0.1, 0.15) is 20.3 Å². The van der Waals surface area contributed by atoms with E-state index < -0.39 is 0 Å². The van der Waals surface area contributed by atoms with E-state index in [0.717, 1.165) is 34.3 Å². The van der Waals surface area contributed by atoms with Crippen LogP contribution in [0, 0.1) is 0 Å². The highest BCUT2D eigenvalue weighted by molar-refractivity contribution is 5.96. The first-order valence-electron chi connectivity index (χ1n) is 7.92. The Morgan fingerprint density at radius 2 is 1.87 bits per heavy atom. The zero-order valence-corrected chi connectivity index (χ0v) is 13.4. The molecule has 0 fully saturated rings. The zero-order chi connectivity index (χ0) is 16.2. The van der Waals surface area contributed by atoms with E-state index in [4.69, 9.17) is 0 Å². The van der Waals surface area contributed by atoms with Gasteiger partial charge in [0.15, 0.2) is 0 Å². The van der Waals surface area contributed by atoms with E-state index in [1.54, 1.807) is 0 Å². The van der Waals surface area contributed by atoms with Crippen LogP contribution < -0.4 is 10.6 Å². The second kappa shape index (κ2) is 6.57. The van der Waals surface area contributed by atoms with Crippen molar-refractivity contribution in [2.75, 3.05) is 5.32 Å². The van der Waals surface area contributed by atoms with Gasteiger partial charge in [-0.2, -0.15) is 0 Å². The molecule has 118 valence electrons. The molecule has 1 atom stereocenters. The van der Waals surface area contributed by atoms with Gasteiger partial charge in [0, 0.05) is 28.2 Å². The lowest BCUT2D eigenvalue weighted by Crippen LogP contribution is -2.35. The van der Waals surface area contributed by atoms with Crippen LogP contribution in [0.2, 0.25) is 0 Å². The lowest BCUT2D eigenvalue weighted by molar-refractivity contribution is 0.249. The minimum Gasteiger partial charge on any atom is -0.354 e. The lowest BCUT2D eigenvalue weighted by Gasteiger charge is -2.14. The highest BCUT2D eigenvalue weighted by Crippen LogP contribution is 2.29. The van der Waals surface area contributed by atoms with Crippen LogP contribution in [0.25, 0.3) is 22.2 Å². The molecule has 0 aliphatic heterocycles. The molecule has 0 unspecified atom stereocenters. The van der Waals surface area contributed by atoms with Gasteiger partial charge in [-0.3, -0.25) is 0 Å². The monoisotopic (exact) mass is 307 g/mol. The molecule has 0 aliphatic rings. The Kier molecular flexibility index (Phi) is 4.33. The number of rotatable bonds is 4. The predicted octanol–water partition coefficient (Wildman–Crippen LogP) is 4.75. The van der Waals surface area contributed by atoms with E-state index in [1.165, 1.54) is 0 Å². The number of fused-ring (bicyclic) bond motifs is 1. The Morgan fingerprint density at radius 1 is 1.13 bits per heavy atom. The molecule has 3 N–H and O–H groups in total. The molecule has 3 rings (SSSR count). The summed E-state index contributed by atoms with van der Waals surface area (Å²) >= 11 is 0. The number of H-pyrrole nitrogens is 1. The number of amides is 2. The van der Waals surface area contributed by atoms with Crippen LogP contribution in [0.5, 0.6) is 0 Å². The molecule has 4 nitrogen and oxygen atoms in total. The Bertz CT molecular complexity index is 789. The fraction of sp³-hybridized carbons (Fsp3) is 0.211. The summed E-state index contributed by atoms with van der Waals surface area (Å²) in [5, 5.41) is 7.03. The molecule has 4 heteroatoms. The van der Waals surface area contributed by atoms with Crippen molar-refractivity contribution in [3.63, 3.8) is 0 Å². The standard InChI is InChI=1S/C19H21N3O/c1-3-13(2)20-19(23)22-17-11-7-5-9-15(17)18-12-14-8-4-6-10-16(14)21-18/h4-13,21H,3H2,1-2H3,(H2,20,22,23)/t13-/m0/s1. The van der Waals surface area contributed by atoms with E-state index in [0.29, 0.717) is 0 Å². The minimum absolute atomic E-state index is 0.148. The van der Waals surface area contributed by atoms with Crippen molar-refractivity contribution < 1.29 is 4.79 Å². The van der Waals surface area contributed by atoms with Crippen molar-refractivity contribution in [2.24, 2.45) is 0 Å². The summed E-state index contributed by atoms with van der Waals surface area (Å²) in [5.74, 6) is 0. The smallest absolute Gasteiger partial charge is 0.319 e. The summed E-state index contributed by atoms with van der Waals surface area (Å²) in [4.78, 5) is 15.5. The van der Waals surface area contributed by atoms with Crippen molar-refractivity contribution in [2.45, 2.75) is 26.3 Å². The number of hydrogen-bond acceptors (Lipinski definition) is 1. The first-order valence-corrected chi connectivity index (χ1v) is 7.92. The van der Waals surface area contributed by atoms with E-state index in [-0.39, 0.29) is 12.1 Å². The molecule has 0 saturated carbocycles. The van der Waals surface area contributed by atoms with Gasteiger partial charge in [0.2, 0.25) is 0 Å². The van der Waals surface area contributed by atoms with Crippen LogP contribution in [-0.4, -0.2) is 17.1 Å². The number of nitrogens with one attached hydrogen (secondary N) is 3. The van der Waals surface area contributed by atoms with Crippen molar-refractivity contribution in [3.05, 3.63) is 54.6 Å². The number of benzene rings is 2. The summed E-state index contributed by atoms with van der Waals surface area (Å²) in [5.41, 5.74) is 3.84. The van der Waals surface area contributed by atoms with E-state index in [2.05, 4.69) is 27.8 Å². The van der Waals surface area contributed by atoms with Gasteiger partial charge in [-0.15, -0.1) is 0 Å². The van der Waals surface area contributed by atoms with Gasteiger partial charge < -0.3 is 15.6 Å². The van der Waals surface area contributed by atoms with Crippen molar-refractivity contribution in [1.29, 1.82) is 0 Å². The van der Waals surface area contributed by atoms with Crippen LogP contribution in [0.15, 0.2) is 54.6 Å². The van der Waals surface area contributed by atoms with Gasteiger partial charge in [-0.1, -0.05) is 43.3 Å². The second-order valence-electron chi connectivity index (χ2n) is 5.72. The highest BCUT2D eigenvalue weighted by atomic mass is 16.2. The molecule has 0 spiro atoms. The molecule has 0 aliphatic carbocycles. The molecule has 23 heavy (non-hydrogen) atoms. The SMILES string of the molecule is CC[C@H](C)NC(=O)Nc1ccccc1-c1cc2ccccc2[nH]1. The third-order valence-corrected chi connectivity index (χ3v) is 3.99. The molecular formula is C19H21N3O. The Hall–Kier alpha value is -2.75.